The minimum Gasteiger partial charge on any atom is -0.388 e. The fourth-order valence-electron chi connectivity index (χ4n) is 3.78. The Kier molecular flexibility index (Phi) is 6.09. The van der Waals surface area contributed by atoms with Crippen LogP contribution in [0.15, 0.2) is 30.6 Å². The first kappa shape index (κ1) is 21.2. The van der Waals surface area contributed by atoms with E-state index in [1.165, 1.54) is 6.92 Å². The third-order valence-corrected chi connectivity index (χ3v) is 5.98. The van der Waals surface area contributed by atoms with Gasteiger partial charge in [-0.3, -0.25) is 4.79 Å². The van der Waals surface area contributed by atoms with Crippen molar-refractivity contribution in [1.82, 2.24) is 24.8 Å². The summed E-state index contributed by atoms with van der Waals surface area (Å²) in [4.78, 5) is 24.4. The second-order valence-electron chi connectivity index (χ2n) is 7.24. The van der Waals surface area contributed by atoms with E-state index in [0.717, 1.165) is 9.13 Å². The highest BCUT2D eigenvalue weighted by Crippen LogP contribution is 2.34. The van der Waals surface area contributed by atoms with Crippen LogP contribution in [-0.2, 0) is 11.3 Å². The predicted octanol–water partition coefficient (Wildman–Crippen LogP) is 1.87. The van der Waals surface area contributed by atoms with Crippen LogP contribution < -0.4 is 10.6 Å². The number of nitrogens with zero attached hydrogens (tertiary/aromatic N) is 4. The summed E-state index contributed by atoms with van der Waals surface area (Å²) in [7, 11) is 0. The smallest absolute Gasteiger partial charge is 0.226 e. The van der Waals surface area contributed by atoms with Gasteiger partial charge in [0, 0.05) is 17.0 Å². The quantitative estimate of drug-likeness (QED) is 0.287. The Bertz CT molecular complexity index is 1090. The minimum absolute atomic E-state index is 0.0424. The number of anilines is 1. The molecule has 4 atom stereocenters. The lowest BCUT2D eigenvalue weighted by Gasteiger charge is -2.18. The zero-order chi connectivity index (χ0) is 21.4. The number of halogens is 2. The van der Waals surface area contributed by atoms with Crippen molar-refractivity contribution >= 4 is 57.1 Å². The van der Waals surface area contributed by atoms with E-state index >= 15 is 0 Å². The molecule has 0 bridgehead atoms. The number of benzene rings is 1. The van der Waals surface area contributed by atoms with Gasteiger partial charge in [-0.15, -0.1) is 0 Å². The number of nitrogens with one attached hydrogen (secondary N) is 2. The average molecular weight is 543 g/mol. The lowest BCUT2D eigenvalue weighted by Crippen LogP contribution is -2.42. The first-order valence-corrected chi connectivity index (χ1v) is 10.8. The van der Waals surface area contributed by atoms with Crippen LogP contribution in [0, 0.1) is 3.57 Å². The standard InChI is InChI=1S/C19H20ClIN6O3/c1-9(28)24-12-6-13(16(30)15(12)29)27-8-23-14-17(25-19(20)26-18(14)27)22-7-10-3-2-4-11(21)5-10/h2-5,8,12-13,15-16,29-30H,6-7H2,1H3,(H,24,28)(H,22,25,26)/t12-,13?,15+,16-/m0/s1. The number of carbonyl (C=O) groups excluding carboxylic acids is 1. The number of carbonyl (C=O) groups is 1. The van der Waals surface area contributed by atoms with Gasteiger partial charge in [-0.2, -0.15) is 9.97 Å². The summed E-state index contributed by atoms with van der Waals surface area (Å²) in [6.45, 7) is 1.90. The summed E-state index contributed by atoms with van der Waals surface area (Å²) in [6, 6.07) is 6.98. The number of aliphatic hydroxyl groups is 2. The fourth-order valence-corrected chi connectivity index (χ4v) is 4.55. The van der Waals surface area contributed by atoms with Crippen molar-refractivity contribution in [1.29, 1.82) is 0 Å². The third kappa shape index (κ3) is 4.22. The van der Waals surface area contributed by atoms with Gasteiger partial charge < -0.3 is 25.4 Å². The number of aromatic nitrogens is 4. The van der Waals surface area contributed by atoms with Crippen molar-refractivity contribution in [2.45, 2.75) is 44.2 Å². The van der Waals surface area contributed by atoms with Crippen LogP contribution in [-0.4, -0.2) is 53.9 Å². The molecule has 1 amide bonds. The molecule has 2 heterocycles. The maximum absolute atomic E-state index is 11.4. The highest BCUT2D eigenvalue weighted by Gasteiger charge is 2.43. The van der Waals surface area contributed by atoms with E-state index in [2.05, 4.69) is 54.2 Å². The Balaban J connectivity index is 1.63. The van der Waals surface area contributed by atoms with Crippen molar-refractivity contribution in [2.75, 3.05) is 5.32 Å². The maximum Gasteiger partial charge on any atom is 0.226 e. The van der Waals surface area contributed by atoms with Crippen LogP contribution in [0.2, 0.25) is 5.28 Å². The molecule has 0 aliphatic heterocycles. The second-order valence-corrected chi connectivity index (χ2v) is 8.82. The predicted molar refractivity (Wildman–Crippen MR) is 120 cm³/mol. The molecule has 1 aliphatic carbocycles. The van der Waals surface area contributed by atoms with Crippen molar-refractivity contribution in [3.63, 3.8) is 0 Å². The van der Waals surface area contributed by atoms with E-state index in [4.69, 9.17) is 11.6 Å². The number of aliphatic hydroxyl groups excluding tert-OH is 2. The molecule has 1 unspecified atom stereocenters. The highest BCUT2D eigenvalue weighted by molar-refractivity contribution is 14.1. The van der Waals surface area contributed by atoms with Crippen molar-refractivity contribution in [3.05, 3.63) is 45.0 Å². The molecule has 11 heteroatoms. The van der Waals surface area contributed by atoms with E-state index in [9.17, 15) is 15.0 Å². The number of hydrogen-bond acceptors (Lipinski definition) is 7. The van der Waals surface area contributed by atoms with E-state index in [0.29, 0.717) is 29.9 Å². The molecule has 1 fully saturated rings. The monoisotopic (exact) mass is 542 g/mol. The highest BCUT2D eigenvalue weighted by atomic mass is 127. The Morgan fingerprint density at radius 3 is 2.87 bits per heavy atom. The van der Waals surface area contributed by atoms with Crippen LogP contribution in [0.5, 0.6) is 0 Å². The first-order chi connectivity index (χ1) is 14.3. The van der Waals surface area contributed by atoms with Gasteiger partial charge in [0.05, 0.1) is 18.4 Å². The summed E-state index contributed by atoms with van der Waals surface area (Å²) in [5.41, 5.74) is 2.03. The molecule has 0 radical (unpaired) electrons. The van der Waals surface area contributed by atoms with Crippen LogP contribution in [0.25, 0.3) is 11.2 Å². The summed E-state index contributed by atoms with van der Waals surface area (Å²) >= 11 is 8.41. The Hall–Kier alpha value is -2.02. The maximum atomic E-state index is 11.4. The van der Waals surface area contributed by atoms with Crippen LogP contribution in [0.4, 0.5) is 5.82 Å². The molecular weight excluding hydrogens is 523 g/mol. The first-order valence-electron chi connectivity index (χ1n) is 9.35. The topological polar surface area (TPSA) is 125 Å². The van der Waals surface area contributed by atoms with Gasteiger partial charge in [0.15, 0.2) is 17.0 Å². The van der Waals surface area contributed by atoms with Gasteiger partial charge in [-0.1, -0.05) is 12.1 Å². The minimum atomic E-state index is -1.09. The molecule has 1 aromatic carbocycles. The SMILES string of the molecule is CC(=O)N[C@H]1CC(n2cnc3c(NCc4cccc(I)c4)nc(Cl)nc32)[C@H](O)[C@@H]1O. The van der Waals surface area contributed by atoms with Gasteiger partial charge in [-0.25, -0.2) is 4.98 Å². The molecule has 1 aliphatic rings. The van der Waals surface area contributed by atoms with Crippen LogP contribution in [0.3, 0.4) is 0 Å². The number of fused-ring (bicyclic) bond motifs is 1. The van der Waals surface area contributed by atoms with Crippen LogP contribution >= 0.6 is 34.2 Å². The summed E-state index contributed by atoms with van der Waals surface area (Å²) in [6.07, 6.45) is -0.300. The van der Waals surface area contributed by atoms with Gasteiger partial charge in [0.25, 0.3) is 0 Å². The Morgan fingerprint density at radius 1 is 1.33 bits per heavy atom. The van der Waals surface area contributed by atoms with E-state index in [1.807, 2.05) is 18.2 Å². The fraction of sp³-hybridized carbons (Fsp3) is 0.368. The van der Waals surface area contributed by atoms with Gasteiger partial charge in [-0.05, 0) is 58.3 Å². The Morgan fingerprint density at radius 2 is 2.13 bits per heavy atom. The molecule has 1 saturated carbocycles. The lowest BCUT2D eigenvalue weighted by molar-refractivity contribution is -0.120. The summed E-state index contributed by atoms with van der Waals surface area (Å²) in [5.74, 6) is 0.212. The number of amides is 1. The molecular formula is C19H20ClIN6O3. The Labute approximate surface area is 191 Å². The zero-order valence-corrected chi connectivity index (χ0v) is 18.9. The summed E-state index contributed by atoms with van der Waals surface area (Å²) in [5, 5.41) is 26.8. The molecule has 0 spiro atoms. The molecule has 158 valence electrons. The number of imidazole rings is 1. The van der Waals surface area contributed by atoms with E-state index in [-0.39, 0.29) is 11.2 Å². The van der Waals surface area contributed by atoms with Gasteiger partial charge in [0.2, 0.25) is 11.2 Å². The van der Waals surface area contributed by atoms with Gasteiger partial charge in [0.1, 0.15) is 12.2 Å². The largest absolute Gasteiger partial charge is 0.388 e. The van der Waals surface area contributed by atoms with Crippen molar-refractivity contribution < 1.29 is 15.0 Å². The normalized spacial score (nSPS) is 23.6. The third-order valence-electron chi connectivity index (χ3n) is 5.14. The molecule has 0 saturated heterocycles. The van der Waals surface area contributed by atoms with Crippen molar-refractivity contribution in [2.24, 2.45) is 0 Å². The molecule has 2 aromatic heterocycles. The second kappa shape index (κ2) is 8.61. The van der Waals surface area contributed by atoms with E-state index in [1.54, 1.807) is 10.9 Å². The number of rotatable bonds is 5. The zero-order valence-electron chi connectivity index (χ0n) is 16.0. The summed E-state index contributed by atoms with van der Waals surface area (Å²) < 4.78 is 2.81. The van der Waals surface area contributed by atoms with Crippen LogP contribution in [0.1, 0.15) is 24.9 Å². The molecule has 4 rings (SSSR count). The molecule has 9 nitrogen and oxygen atoms in total. The van der Waals surface area contributed by atoms with Crippen molar-refractivity contribution in [3.8, 4) is 0 Å². The van der Waals surface area contributed by atoms with Gasteiger partial charge >= 0.3 is 0 Å². The average Bonchev–Trinajstić information content (AvgIpc) is 3.22. The lowest BCUT2D eigenvalue weighted by atomic mass is 10.2. The molecule has 30 heavy (non-hydrogen) atoms. The van der Waals surface area contributed by atoms with E-state index < -0.39 is 24.3 Å². The molecule has 3 aromatic rings. The molecule has 4 N–H and O–H groups in total. The number of hydrogen-bond donors (Lipinski definition) is 4.